The first-order valence-corrected chi connectivity index (χ1v) is 10.1. The van der Waals surface area contributed by atoms with Gasteiger partial charge in [-0.3, -0.25) is 9.48 Å². The van der Waals surface area contributed by atoms with E-state index in [0.29, 0.717) is 58.9 Å². The van der Waals surface area contributed by atoms with Crippen LogP contribution in [-0.4, -0.2) is 50.2 Å². The fourth-order valence-electron chi connectivity index (χ4n) is 3.53. The lowest BCUT2D eigenvalue weighted by atomic mass is 10.1. The van der Waals surface area contributed by atoms with E-state index in [1.54, 1.807) is 30.1 Å². The Morgan fingerprint density at radius 1 is 1.00 bits per heavy atom. The number of hydrogen-bond acceptors (Lipinski definition) is 7. The third-order valence-corrected chi connectivity index (χ3v) is 5.02. The van der Waals surface area contributed by atoms with Crippen LogP contribution in [0.2, 0.25) is 0 Å². The number of carbonyl (C=O) groups excluding carboxylic acids is 1. The molecule has 1 aliphatic heterocycles. The molecule has 32 heavy (non-hydrogen) atoms. The average molecular weight is 439 g/mol. The van der Waals surface area contributed by atoms with Crippen LogP contribution in [0.1, 0.15) is 16.8 Å². The maximum absolute atomic E-state index is 13.2. The fourth-order valence-corrected chi connectivity index (χ4v) is 3.53. The van der Waals surface area contributed by atoms with Gasteiger partial charge in [0.1, 0.15) is 5.69 Å². The second kappa shape index (κ2) is 9.09. The monoisotopic (exact) mass is 439 g/mol. The highest BCUT2D eigenvalue weighted by molar-refractivity contribution is 6.08. The number of aryl methyl sites for hydroxylation is 1. The van der Waals surface area contributed by atoms with Gasteiger partial charge in [-0.2, -0.15) is 5.10 Å². The van der Waals surface area contributed by atoms with Gasteiger partial charge in [0.15, 0.2) is 23.0 Å². The minimum atomic E-state index is -0.325. The summed E-state index contributed by atoms with van der Waals surface area (Å²) >= 11 is 0. The quantitative estimate of drug-likeness (QED) is 0.628. The van der Waals surface area contributed by atoms with Crippen LogP contribution >= 0.6 is 0 Å². The van der Waals surface area contributed by atoms with Gasteiger partial charge in [0.25, 0.3) is 5.91 Å². The van der Waals surface area contributed by atoms with E-state index in [1.807, 2.05) is 18.2 Å². The van der Waals surface area contributed by atoms with E-state index in [4.69, 9.17) is 23.7 Å². The number of carbonyl (C=O) groups is 1. The number of methoxy groups -OCH3 is 3. The van der Waals surface area contributed by atoms with Gasteiger partial charge in [-0.15, -0.1) is 0 Å². The molecule has 1 amide bonds. The minimum absolute atomic E-state index is 0.325. The van der Waals surface area contributed by atoms with Gasteiger partial charge in [-0.25, -0.2) is 0 Å². The molecule has 2 heterocycles. The standard InChI is InChI=1S/C23H25N3O6/c1-26-13-16(21(25-26)14-6-7-17-18(10-14)32-9-5-8-31-17)23(27)24-15-11-19(28-2)22(30-4)20(12-15)29-3/h6-7,10-13H,5,8-9H2,1-4H3,(H,24,27). The second-order valence-electron chi connectivity index (χ2n) is 7.15. The molecule has 1 aliphatic rings. The summed E-state index contributed by atoms with van der Waals surface area (Å²) in [6, 6.07) is 8.89. The zero-order valence-electron chi connectivity index (χ0n) is 18.4. The Labute approximate surface area is 185 Å². The van der Waals surface area contributed by atoms with Crippen molar-refractivity contribution in [3.8, 4) is 40.0 Å². The van der Waals surface area contributed by atoms with Crippen LogP contribution in [0.25, 0.3) is 11.3 Å². The molecule has 3 aromatic rings. The maximum atomic E-state index is 13.2. The SMILES string of the molecule is COc1cc(NC(=O)c2cn(C)nc2-c2ccc3c(c2)OCCCO3)cc(OC)c1OC. The van der Waals surface area contributed by atoms with Crippen molar-refractivity contribution >= 4 is 11.6 Å². The molecule has 1 aromatic heterocycles. The molecule has 2 aromatic carbocycles. The predicted molar refractivity (Wildman–Crippen MR) is 118 cm³/mol. The number of nitrogens with one attached hydrogen (secondary N) is 1. The number of ether oxygens (including phenoxy) is 5. The fraction of sp³-hybridized carbons (Fsp3) is 0.304. The molecule has 0 saturated carbocycles. The van der Waals surface area contributed by atoms with Gasteiger partial charge in [0.05, 0.1) is 40.1 Å². The van der Waals surface area contributed by atoms with Crippen LogP contribution in [0.15, 0.2) is 36.5 Å². The van der Waals surface area contributed by atoms with E-state index in [1.165, 1.54) is 21.3 Å². The molecule has 9 nitrogen and oxygen atoms in total. The highest BCUT2D eigenvalue weighted by Gasteiger charge is 2.21. The topological polar surface area (TPSA) is 93.1 Å². The van der Waals surface area contributed by atoms with Crippen molar-refractivity contribution in [2.45, 2.75) is 6.42 Å². The van der Waals surface area contributed by atoms with Gasteiger partial charge in [-0.1, -0.05) is 0 Å². The van der Waals surface area contributed by atoms with Gasteiger partial charge >= 0.3 is 0 Å². The van der Waals surface area contributed by atoms with Crippen LogP contribution in [0, 0.1) is 0 Å². The Kier molecular flexibility index (Phi) is 6.07. The van der Waals surface area contributed by atoms with Crippen LogP contribution in [0.4, 0.5) is 5.69 Å². The molecule has 9 heteroatoms. The van der Waals surface area contributed by atoms with E-state index in [-0.39, 0.29) is 5.91 Å². The summed E-state index contributed by atoms with van der Waals surface area (Å²) in [5.41, 5.74) is 2.20. The first-order valence-electron chi connectivity index (χ1n) is 10.1. The second-order valence-corrected chi connectivity index (χ2v) is 7.15. The lowest BCUT2D eigenvalue weighted by Gasteiger charge is -2.14. The number of hydrogen-bond donors (Lipinski definition) is 1. The molecular formula is C23H25N3O6. The summed E-state index contributed by atoms with van der Waals surface area (Å²) < 4.78 is 29.2. The zero-order chi connectivity index (χ0) is 22.7. The largest absolute Gasteiger partial charge is 0.493 e. The summed E-state index contributed by atoms with van der Waals surface area (Å²) in [5.74, 6) is 2.33. The number of aromatic nitrogens is 2. The lowest BCUT2D eigenvalue weighted by molar-refractivity contribution is 0.102. The normalized spacial score (nSPS) is 12.6. The number of nitrogens with zero attached hydrogens (tertiary/aromatic N) is 2. The van der Waals surface area contributed by atoms with Crippen molar-refractivity contribution < 1.29 is 28.5 Å². The molecule has 0 bridgehead atoms. The van der Waals surface area contributed by atoms with Gasteiger partial charge < -0.3 is 29.0 Å². The summed E-state index contributed by atoms with van der Waals surface area (Å²) in [6.45, 7) is 1.19. The first-order chi connectivity index (χ1) is 15.5. The minimum Gasteiger partial charge on any atom is -0.493 e. The smallest absolute Gasteiger partial charge is 0.259 e. The first kappa shape index (κ1) is 21.4. The highest BCUT2D eigenvalue weighted by Crippen LogP contribution is 2.40. The Morgan fingerprint density at radius 2 is 1.69 bits per heavy atom. The van der Waals surface area contributed by atoms with Gasteiger partial charge in [0.2, 0.25) is 5.75 Å². The van der Waals surface area contributed by atoms with E-state index in [9.17, 15) is 4.79 Å². The maximum Gasteiger partial charge on any atom is 0.259 e. The van der Waals surface area contributed by atoms with Gasteiger partial charge in [0, 0.05) is 43.0 Å². The predicted octanol–water partition coefficient (Wildman–Crippen LogP) is 3.53. The van der Waals surface area contributed by atoms with Crippen molar-refractivity contribution in [1.82, 2.24) is 9.78 Å². The third-order valence-electron chi connectivity index (χ3n) is 5.02. The lowest BCUT2D eigenvalue weighted by Crippen LogP contribution is -2.12. The number of amides is 1. The number of fused-ring (bicyclic) bond motifs is 1. The average Bonchev–Trinajstić information content (AvgIpc) is 3.04. The highest BCUT2D eigenvalue weighted by atomic mass is 16.5. The molecular weight excluding hydrogens is 414 g/mol. The summed E-state index contributed by atoms with van der Waals surface area (Å²) in [5, 5.41) is 7.39. The molecule has 168 valence electrons. The van der Waals surface area contributed by atoms with E-state index in [0.717, 1.165) is 12.0 Å². The van der Waals surface area contributed by atoms with E-state index < -0.39 is 0 Å². The molecule has 0 fully saturated rings. The molecule has 0 unspecified atom stereocenters. The van der Waals surface area contributed by atoms with Crippen LogP contribution in [0.3, 0.4) is 0 Å². The number of benzene rings is 2. The van der Waals surface area contributed by atoms with Crippen LogP contribution in [-0.2, 0) is 7.05 Å². The van der Waals surface area contributed by atoms with Crippen molar-refractivity contribution in [2.75, 3.05) is 39.9 Å². The summed E-state index contributed by atoms with van der Waals surface area (Å²) in [7, 11) is 6.33. The molecule has 0 radical (unpaired) electrons. The third kappa shape index (κ3) is 4.14. The Balaban J connectivity index is 1.66. The molecule has 0 saturated heterocycles. The molecule has 0 aliphatic carbocycles. The van der Waals surface area contributed by atoms with Crippen molar-refractivity contribution in [2.24, 2.45) is 7.05 Å². The summed E-state index contributed by atoms with van der Waals surface area (Å²) in [6.07, 6.45) is 2.49. The summed E-state index contributed by atoms with van der Waals surface area (Å²) in [4.78, 5) is 13.2. The molecule has 1 N–H and O–H groups in total. The Hall–Kier alpha value is -3.88. The Bertz CT molecular complexity index is 1120. The Morgan fingerprint density at radius 3 is 2.34 bits per heavy atom. The van der Waals surface area contributed by atoms with Crippen molar-refractivity contribution in [3.05, 3.63) is 42.1 Å². The van der Waals surface area contributed by atoms with Crippen molar-refractivity contribution in [3.63, 3.8) is 0 Å². The molecule has 4 rings (SSSR count). The molecule has 0 spiro atoms. The number of anilines is 1. The van der Waals surface area contributed by atoms with Crippen molar-refractivity contribution in [1.29, 1.82) is 0 Å². The van der Waals surface area contributed by atoms with E-state index in [2.05, 4.69) is 10.4 Å². The molecule has 0 atom stereocenters. The number of rotatable bonds is 6. The van der Waals surface area contributed by atoms with E-state index >= 15 is 0 Å². The van der Waals surface area contributed by atoms with Crippen LogP contribution < -0.4 is 29.0 Å². The van der Waals surface area contributed by atoms with Gasteiger partial charge in [-0.05, 0) is 18.2 Å². The zero-order valence-corrected chi connectivity index (χ0v) is 18.4. The van der Waals surface area contributed by atoms with Crippen LogP contribution in [0.5, 0.6) is 28.7 Å².